The van der Waals surface area contributed by atoms with Crippen LogP contribution in [0.2, 0.25) is 0 Å². The summed E-state index contributed by atoms with van der Waals surface area (Å²) >= 11 is 0. The molecule has 4 rings (SSSR count). The largest absolute Gasteiger partial charge is 0.265 e. The van der Waals surface area contributed by atoms with Gasteiger partial charge in [-0.15, -0.1) is 0 Å². The lowest BCUT2D eigenvalue weighted by Gasteiger charge is -2.17. The van der Waals surface area contributed by atoms with Crippen molar-refractivity contribution < 1.29 is 0 Å². The molecule has 0 fully saturated rings. The Balaban J connectivity index is -0.000000130. The Hall–Kier alpha value is -3.33. The van der Waals surface area contributed by atoms with E-state index in [0.29, 0.717) is 21.7 Å². The predicted molar refractivity (Wildman–Crippen MR) is 246 cm³/mol. The molecule has 0 unspecified atom stereocenters. The number of rotatable bonds is 4. The van der Waals surface area contributed by atoms with Gasteiger partial charge in [0.05, 0.1) is 0 Å². The molecule has 3 aromatic heterocycles. The minimum absolute atomic E-state index is 0. The number of nitrogens with zero attached hydrogens (tertiary/aromatic N) is 3. The highest BCUT2D eigenvalue weighted by atomic mass is 14.7. The third-order valence-corrected chi connectivity index (χ3v) is 5.96. The quantitative estimate of drug-likeness (QED) is 0.210. The Morgan fingerprint density at radius 1 is 0.358 bits per heavy atom. The molecule has 3 heteroatoms. The van der Waals surface area contributed by atoms with E-state index in [9.17, 15) is 0 Å². The average molecular weight is 734 g/mol. The first kappa shape index (κ1) is 61.7. The molecular weight excluding hydrogens is 643 g/mol. The van der Waals surface area contributed by atoms with Crippen molar-refractivity contribution in [3.8, 4) is 0 Å². The molecule has 0 N–H and O–H groups in total. The van der Waals surface area contributed by atoms with Gasteiger partial charge in [-0.3, -0.25) is 15.0 Å². The summed E-state index contributed by atoms with van der Waals surface area (Å²) in [6.07, 6.45) is 13.7. The van der Waals surface area contributed by atoms with Gasteiger partial charge in [-0.25, -0.2) is 0 Å². The summed E-state index contributed by atoms with van der Waals surface area (Å²) in [7, 11) is 0. The first-order chi connectivity index (χ1) is 23.3. The summed E-state index contributed by atoms with van der Waals surface area (Å²) in [5.74, 6) is 0. The summed E-state index contributed by atoms with van der Waals surface area (Å²) in [6.45, 7) is 38.9. The summed E-state index contributed by atoms with van der Waals surface area (Å²) in [4.78, 5) is 12.3. The normalized spacial score (nSPS) is 9.92. The lowest BCUT2D eigenvalue weighted by Crippen LogP contribution is -2.09. The van der Waals surface area contributed by atoms with E-state index in [1.165, 1.54) is 22.4 Å². The lowest BCUT2D eigenvalue weighted by molar-refractivity contribution is 0.406. The van der Waals surface area contributed by atoms with Gasteiger partial charge >= 0.3 is 0 Å². The lowest BCUT2D eigenvalue weighted by atomic mass is 9.88. The van der Waals surface area contributed by atoms with Crippen molar-refractivity contribution in [3.05, 3.63) is 126 Å². The van der Waals surface area contributed by atoms with Crippen LogP contribution in [0.4, 0.5) is 0 Å². The van der Waals surface area contributed by atoms with E-state index in [2.05, 4.69) is 153 Å². The van der Waals surface area contributed by atoms with Gasteiger partial charge in [-0.05, 0) is 94.4 Å². The molecule has 0 aliphatic heterocycles. The van der Waals surface area contributed by atoms with Crippen LogP contribution in [0.1, 0.15) is 169 Å². The van der Waals surface area contributed by atoms with E-state index >= 15 is 0 Å². The molecule has 3 heterocycles. The molecule has 0 saturated heterocycles. The molecule has 1 aromatic carbocycles. The average Bonchev–Trinajstić information content (AvgIpc) is 3.04. The van der Waals surface area contributed by atoms with E-state index in [4.69, 9.17) is 0 Å². The third kappa shape index (κ3) is 44.8. The summed E-state index contributed by atoms with van der Waals surface area (Å²) < 4.78 is 0. The van der Waals surface area contributed by atoms with Gasteiger partial charge in [-0.1, -0.05) is 189 Å². The van der Waals surface area contributed by atoms with Crippen molar-refractivity contribution in [2.45, 2.75) is 173 Å². The van der Waals surface area contributed by atoms with Crippen LogP contribution in [-0.2, 0) is 25.7 Å². The SMILES string of the molecule is C.C.C.CC.CC.CC.CC(C)(C)Cc1ccccc1.CC(C)(C)Cc1ccccn1.CC(C)(C)Cc1cccnc1.CC(C)(C)Cc1ccncc1. The van der Waals surface area contributed by atoms with Gasteiger partial charge in [0.15, 0.2) is 0 Å². The fraction of sp³-hybridized carbons (Fsp3) is 0.580. The van der Waals surface area contributed by atoms with Gasteiger partial charge in [0.1, 0.15) is 0 Å². The molecule has 0 atom stereocenters. The Morgan fingerprint density at radius 3 is 1.09 bits per heavy atom. The van der Waals surface area contributed by atoms with Gasteiger partial charge < -0.3 is 0 Å². The molecule has 0 aliphatic carbocycles. The van der Waals surface area contributed by atoms with Gasteiger partial charge in [0.2, 0.25) is 0 Å². The Kier molecular flexibility index (Phi) is 40.1. The molecule has 0 bridgehead atoms. The van der Waals surface area contributed by atoms with Crippen molar-refractivity contribution in [2.24, 2.45) is 21.7 Å². The maximum atomic E-state index is 4.26. The van der Waals surface area contributed by atoms with Crippen molar-refractivity contribution >= 4 is 0 Å². The van der Waals surface area contributed by atoms with E-state index in [1.807, 2.05) is 90.7 Å². The number of benzene rings is 1. The molecule has 4 aromatic rings. The van der Waals surface area contributed by atoms with Crippen LogP contribution in [0.25, 0.3) is 0 Å². The summed E-state index contributed by atoms with van der Waals surface area (Å²) in [6, 6.07) is 25.0. The minimum Gasteiger partial charge on any atom is -0.265 e. The second kappa shape index (κ2) is 34.4. The van der Waals surface area contributed by atoms with Crippen LogP contribution >= 0.6 is 0 Å². The number of pyridine rings is 3. The van der Waals surface area contributed by atoms with Crippen molar-refractivity contribution in [3.63, 3.8) is 0 Å². The molecule has 0 aliphatic rings. The molecule has 3 nitrogen and oxygen atoms in total. The highest BCUT2D eigenvalue weighted by Gasteiger charge is 2.12. The molecule has 306 valence electrons. The highest BCUT2D eigenvalue weighted by molar-refractivity contribution is 5.16. The third-order valence-electron chi connectivity index (χ3n) is 5.96. The monoisotopic (exact) mass is 734 g/mol. The second-order valence-electron chi connectivity index (χ2n) is 16.5. The van der Waals surface area contributed by atoms with Crippen molar-refractivity contribution in [2.75, 3.05) is 0 Å². The fourth-order valence-electron chi connectivity index (χ4n) is 4.48. The Morgan fingerprint density at radius 2 is 0.736 bits per heavy atom. The number of aromatic nitrogens is 3. The first-order valence-electron chi connectivity index (χ1n) is 19.0. The topological polar surface area (TPSA) is 38.7 Å². The predicted octanol–water partition coefficient (Wildman–Crippen LogP) is 16.3. The standard InChI is InChI=1S/C11H16.3C10H15N.3C2H6.3CH4/c1-11(2,3)9-10-7-5-4-6-8-10;1-10(2,3)8-9-4-6-11-7-5-9;1-10(2,3)7-9-5-4-6-11-8-9;1-10(2,3)8-9-6-4-5-7-11-9;3*1-2;;;/h4-8H,9H2,1-3H3;4-7H,8H2,1-3H3;4-6,8H,7H2,1-3H3;4-7H,8H2,1-3H3;3*1-2H3;3*1H4. The number of hydrogen-bond donors (Lipinski definition) is 0. The van der Waals surface area contributed by atoms with Crippen LogP contribution in [0, 0.1) is 21.7 Å². The zero-order valence-corrected chi connectivity index (χ0v) is 36.0. The maximum Gasteiger partial charge on any atom is 0.0408 e. The maximum absolute atomic E-state index is 4.26. The Bertz CT molecular complexity index is 1040. The van der Waals surface area contributed by atoms with Gasteiger partial charge in [0.25, 0.3) is 0 Å². The zero-order valence-electron chi connectivity index (χ0n) is 36.0. The van der Waals surface area contributed by atoms with E-state index in [-0.39, 0.29) is 22.3 Å². The van der Waals surface area contributed by atoms with Crippen molar-refractivity contribution in [1.82, 2.24) is 15.0 Å². The molecular formula is C50H91N3. The first-order valence-corrected chi connectivity index (χ1v) is 19.0. The second-order valence-corrected chi connectivity index (χ2v) is 16.5. The van der Waals surface area contributed by atoms with Crippen molar-refractivity contribution in [1.29, 1.82) is 0 Å². The van der Waals surface area contributed by atoms with E-state index in [0.717, 1.165) is 25.7 Å². The molecule has 0 radical (unpaired) electrons. The van der Waals surface area contributed by atoms with Crippen LogP contribution in [0.15, 0.2) is 104 Å². The smallest absolute Gasteiger partial charge is 0.0408 e. The fourth-order valence-corrected chi connectivity index (χ4v) is 4.48. The summed E-state index contributed by atoms with van der Waals surface area (Å²) in [5.41, 5.74) is 6.78. The molecule has 0 spiro atoms. The highest BCUT2D eigenvalue weighted by Crippen LogP contribution is 2.21. The van der Waals surface area contributed by atoms with E-state index in [1.54, 1.807) is 0 Å². The zero-order chi connectivity index (χ0) is 39.3. The van der Waals surface area contributed by atoms with Crippen LogP contribution in [0.3, 0.4) is 0 Å². The van der Waals surface area contributed by atoms with Crippen LogP contribution in [-0.4, -0.2) is 15.0 Å². The summed E-state index contributed by atoms with van der Waals surface area (Å²) in [5, 5.41) is 0. The van der Waals surface area contributed by atoms with Gasteiger partial charge in [0, 0.05) is 36.7 Å². The van der Waals surface area contributed by atoms with Crippen LogP contribution < -0.4 is 0 Å². The Labute approximate surface area is 334 Å². The van der Waals surface area contributed by atoms with Crippen LogP contribution in [0.5, 0.6) is 0 Å². The minimum atomic E-state index is 0. The van der Waals surface area contributed by atoms with E-state index < -0.39 is 0 Å². The molecule has 53 heavy (non-hydrogen) atoms. The molecule has 0 amide bonds. The number of hydrogen-bond acceptors (Lipinski definition) is 3. The molecule has 0 saturated carbocycles. The van der Waals surface area contributed by atoms with Gasteiger partial charge in [-0.2, -0.15) is 0 Å².